The van der Waals surface area contributed by atoms with E-state index in [1.807, 2.05) is 19.9 Å². The number of thiophene rings is 1. The molecule has 0 spiro atoms. The maximum absolute atomic E-state index is 11.8. The molecule has 0 fully saturated rings. The SMILES string of the molecule is CC(C)(CO)CCCNC(=O)c1sccc1C#N. The Morgan fingerprint density at radius 1 is 1.61 bits per heavy atom. The van der Waals surface area contributed by atoms with Crippen LogP contribution in [0.2, 0.25) is 0 Å². The molecule has 0 aromatic carbocycles. The molecule has 98 valence electrons. The topological polar surface area (TPSA) is 73.1 Å². The molecule has 0 aliphatic carbocycles. The van der Waals surface area contributed by atoms with E-state index >= 15 is 0 Å². The second kappa shape index (κ2) is 6.53. The van der Waals surface area contributed by atoms with Gasteiger partial charge in [0.05, 0.1) is 5.56 Å². The van der Waals surface area contributed by atoms with Crippen LogP contribution in [0.3, 0.4) is 0 Å². The zero-order valence-electron chi connectivity index (χ0n) is 10.7. The Bertz CT molecular complexity index is 446. The van der Waals surface area contributed by atoms with Crippen LogP contribution in [0.4, 0.5) is 0 Å². The maximum Gasteiger partial charge on any atom is 0.262 e. The predicted octanol–water partition coefficient (Wildman–Crippen LogP) is 2.15. The fourth-order valence-corrected chi connectivity index (χ4v) is 2.26. The zero-order chi connectivity index (χ0) is 13.6. The first-order chi connectivity index (χ1) is 8.50. The molecular formula is C13H18N2O2S. The lowest BCUT2D eigenvalue weighted by Crippen LogP contribution is -2.26. The van der Waals surface area contributed by atoms with Gasteiger partial charge in [-0.2, -0.15) is 5.26 Å². The summed E-state index contributed by atoms with van der Waals surface area (Å²) in [6, 6.07) is 3.64. The number of rotatable bonds is 6. The normalized spacial score (nSPS) is 11.0. The number of amides is 1. The highest BCUT2D eigenvalue weighted by atomic mass is 32.1. The van der Waals surface area contributed by atoms with Gasteiger partial charge in [-0.05, 0) is 29.7 Å². The minimum Gasteiger partial charge on any atom is -0.396 e. The number of hydrogen-bond acceptors (Lipinski definition) is 4. The van der Waals surface area contributed by atoms with Crippen molar-refractivity contribution < 1.29 is 9.90 Å². The summed E-state index contributed by atoms with van der Waals surface area (Å²) in [7, 11) is 0. The van der Waals surface area contributed by atoms with Crippen LogP contribution >= 0.6 is 11.3 Å². The first kappa shape index (κ1) is 14.7. The summed E-state index contributed by atoms with van der Waals surface area (Å²) in [5.74, 6) is -0.191. The van der Waals surface area contributed by atoms with E-state index in [1.165, 1.54) is 11.3 Å². The molecule has 1 rings (SSSR count). The van der Waals surface area contributed by atoms with E-state index in [9.17, 15) is 4.79 Å². The van der Waals surface area contributed by atoms with E-state index in [1.54, 1.807) is 11.4 Å². The molecule has 18 heavy (non-hydrogen) atoms. The Balaban J connectivity index is 2.37. The van der Waals surface area contributed by atoms with Crippen molar-refractivity contribution >= 4 is 17.2 Å². The molecule has 0 unspecified atom stereocenters. The lowest BCUT2D eigenvalue weighted by atomic mass is 9.89. The second-order valence-corrected chi connectivity index (χ2v) is 5.87. The molecule has 1 aromatic rings. The van der Waals surface area contributed by atoms with E-state index in [0.717, 1.165) is 12.8 Å². The van der Waals surface area contributed by atoms with Crippen LogP contribution in [-0.2, 0) is 0 Å². The number of nitrogens with zero attached hydrogens (tertiary/aromatic N) is 1. The molecule has 4 nitrogen and oxygen atoms in total. The van der Waals surface area contributed by atoms with Crippen LogP contribution in [0.15, 0.2) is 11.4 Å². The van der Waals surface area contributed by atoms with Crippen LogP contribution in [0, 0.1) is 16.7 Å². The van der Waals surface area contributed by atoms with Gasteiger partial charge in [0.1, 0.15) is 10.9 Å². The quantitative estimate of drug-likeness (QED) is 0.775. The molecule has 5 heteroatoms. The molecule has 1 aromatic heterocycles. The van der Waals surface area contributed by atoms with E-state index in [2.05, 4.69) is 5.32 Å². The van der Waals surface area contributed by atoms with Crippen molar-refractivity contribution in [3.8, 4) is 6.07 Å². The highest BCUT2D eigenvalue weighted by Gasteiger charge is 2.16. The molecule has 0 aliphatic heterocycles. The summed E-state index contributed by atoms with van der Waals surface area (Å²) in [4.78, 5) is 12.2. The summed E-state index contributed by atoms with van der Waals surface area (Å²) in [5.41, 5.74) is 0.319. The predicted molar refractivity (Wildman–Crippen MR) is 71.5 cm³/mol. The fourth-order valence-electron chi connectivity index (χ4n) is 1.50. The summed E-state index contributed by atoms with van der Waals surface area (Å²) < 4.78 is 0. The second-order valence-electron chi connectivity index (χ2n) is 4.96. The molecule has 0 saturated heterocycles. The van der Waals surface area contributed by atoms with Gasteiger partial charge < -0.3 is 10.4 Å². The number of hydrogen-bond donors (Lipinski definition) is 2. The highest BCUT2D eigenvalue weighted by molar-refractivity contribution is 7.12. The van der Waals surface area contributed by atoms with Crippen molar-refractivity contribution in [1.29, 1.82) is 5.26 Å². The highest BCUT2D eigenvalue weighted by Crippen LogP contribution is 2.20. The molecule has 0 saturated carbocycles. The van der Waals surface area contributed by atoms with E-state index in [4.69, 9.17) is 10.4 Å². The van der Waals surface area contributed by atoms with Crippen molar-refractivity contribution in [2.75, 3.05) is 13.2 Å². The smallest absolute Gasteiger partial charge is 0.262 e. The van der Waals surface area contributed by atoms with E-state index in [0.29, 0.717) is 17.0 Å². The van der Waals surface area contributed by atoms with Gasteiger partial charge in [-0.1, -0.05) is 13.8 Å². The minimum absolute atomic E-state index is 0.106. The van der Waals surface area contributed by atoms with Gasteiger partial charge in [0.15, 0.2) is 0 Å². The van der Waals surface area contributed by atoms with Gasteiger partial charge in [-0.25, -0.2) is 0 Å². The number of nitrogens with one attached hydrogen (secondary N) is 1. The third kappa shape index (κ3) is 4.13. The maximum atomic E-state index is 11.8. The van der Waals surface area contributed by atoms with Gasteiger partial charge >= 0.3 is 0 Å². The van der Waals surface area contributed by atoms with Crippen LogP contribution in [-0.4, -0.2) is 24.2 Å². The Kier molecular flexibility index (Phi) is 5.32. The van der Waals surface area contributed by atoms with Crippen LogP contribution in [0.1, 0.15) is 41.9 Å². The standard InChI is InChI=1S/C13H18N2O2S/c1-13(2,9-16)5-3-6-15-12(17)11-10(8-14)4-7-18-11/h4,7,16H,3,5-6,9H2,1-2H3,(H,15,17). The van der Waals surface area contributed by atoms with E-state index < -0.39 is 0 Å². The molecular weight excluding hydrogens is 248 g/mol. The Hall–Kier alpha value is -1.38. The Labute approximate surface area is 111 Å². The largest absolute Gasteiger partial charge is 0.396 e. The van der Waals surface area contributed by atoms with Crippen molar-refractivity contribution in [3.05, 3.63) is 21.9 Å². The summed E-state index contributed by atoms with van der Waals surface area (Å²) in [6.07, 6.45) is 1.66. The number of carbonyl (C=O) groups excluding carboxylic acids is 1. The van der Waals surface area contributed by atoms with Crippen molar-refractivity contribution in [2.24, 2.45) is 5.41 Å². The molecule has 0 bridgehead atoms. The number of nitriles is 1. The molecule has 1 amide bonds. The first-order valence-corrected chi connectivity index (χ1v) is 6.75. The van der Waals surface area contributed by atoms with E-state index in [-0.39, 0.29) is 17.9 Å². The van der Waals surface area contributed by atoms with Gasteiger partial charge in [0.25, 0.3) is 5.91 Å². The minimum atomic E-state index is -0.191. The Morgan fingerprint density at radius 3 is 2.94 bits per heavy atom. The van der Waals surface area contributed by atoms with Crippen molar-refractivity contribution in [2.45, 2.75) is 26.7 Å². The fraction of sp³-hybridized carbons (Fsp3) is 0.538. The lowest BCUT2D eigenvalue weighted by molar-refractivity contribution is 0.0952. The molecule has 1 heterocycles. The van der Waals surface area contributed by atoms with Crippen molar-refractivity contribution in [1.82, 2.24) is 5.32 Å². The monoisotopic (exact) mass is 266 g/mol. The number of aliphatic hydroxyl groups is 1. The summed E-state index contributed by atoms with van der Waals surface area (Å²) in [6.45, 7) is 4.68. The van der Waals surface area contributed by atoms with Gasteiger partial charge in [-0.15, -0.1) is 11.3 Å². The third-order valence-corrected chi connectivity index (χ3v) is 3.65. The molecule has 0 atom stereocenters. The van der Waals surface area contributed by atoms with Gasteiger partial charge in [0.2, 0.25) is 0 Å². The zero-order valence-corrected chi connectivity index (χ0v) is 11.5. The average Bonchev–Trinajstić information content (AvgIpc) is 2.82. The van der Waals surface area contributed by atoms with Crippen LogP contribution in [0.5, 0.6) is 0 Å². The van der Waals surface area contributed by atoms with Gasteiger partial charge in [-0.3, -0.25) is 4.79 Å². The lowest BCUT2D eigenvalue weighted by Gasteiger charge is -2.21. The average molecular weight is 266 g/mol. The number of carbonyl (C=O) groups is 1. The Morgan fingerprint density at radius 2 is 2.33 bits per heavy atom. The van der Waals surface area contributed by atoms with Crippen molar-refractivity contribution in [3.63, 3.8) is 0 Å². The third-order valence-electron chi connectivity index (χ3n) is 2.74. The first-order valence-electron chi connectivity index (χ1n) is 5.87. The number of aliphatic hydroxyl groups excluding tert-OH is 1. The van der Waals surface area contributed by atoms with Crippen LogP contribution < -0.4 is 5.32 Å². The summed E-state index contributed by atoms with van der Waals surface area (Å²) in [5, 5.41) is 22.4. The van der Waals surface area contributed by atoms with Gasteiger partial charge in [0, 0.05) is 13.2 Å². The summed E-state index contributed by atoms with van der Waals surface area (Å²) >= 11 is 1.28. The molecule has 0 radical (unpaired) electrons. The van der Waals surface area contributed by atoms with Crippen LogP contribution in [0.25, 0.3) is 0 Å². The molecule has 2 N–H and O–H groups in total. The molecule has 0 aliphatic rings.